The predicted molar refractivity (Wildman–Crippen MR) is 114 cm³/mol. The van der Waals surface area contributed by atoms with Crippen molar-refractivity contribution in [2.45, 2.75) is 50.8 Å². The Morgan fingerprint density at radius 2 is 1.56 bits per heavy atom. The van der Waals surface area contributed by atoms with E-state index in [0.717, 1.165) is 5.56 Å². The number of benzene rings is 1. The molecule has 0 aliphatic heterocycles. The van der Waals surface area contributed by atoms with Gasteiger partial charge in [0.25, 0.3) is 16.5 Å². The van der Waals surface area contributed by atoms with Gasteiger partial charge < -0.3 is 9.47 Å². The van der Waals surface area contributed by atoms with Gasteiger partial charge in [0.2, 0.25) is 0 Å². The zero-order valence-electron chi connectivity index (χ0n) is 17.2. The number of halogens is 2. The molecule has 3 unspecified atom stereocenters. The average Bonchev–Trinajstić information content (AvgIpc) is 3.22. The van der Waals surface area contributed by atoms with Crippen molar-refractivity contribution in [3.63, 3.8) is 0 Å². The van der Waals surface area contributed by atoms with E-state index in [-0.39, 0.29) is 37.6 Å². The molecule has 1 fully saturated rings. The molecule has 32 heavy (non-hydrogen) atoms. The Labute approximate surface area is 189 Å². The van der Waals surface area contributed by atoms with Crippen LogP contribution in [0.25, 0.3) is 0 Å². The predicted octanol–water partition coefficient (Wildman–Crippen LogP) is 1.08. The Bertz CT molecular complexity index is 918. The number of carbonyl (C=O) groups excluding carboxylic acids is 2. The summed E-state index contributed by atoms with van der Waals surface area (Å²) in [5, 5.41) is 0. The van der Waals surface area contributed by atoms with Gasteiger partial charge in [0.15, 0.2) is 6.10 Å². The molecule has 0 heterocycles. The SMILES string of the molecule is [B]Cc1cc(C[B])c(OC(=O)C2CCCC2C(=O)OC(CS(=O)(=O)O)C(F)F)c(C[B])c1. The summed E-state index contributed by atoms with van der Waals surface area (Å²) in [6.07, 6.45) is -4.57. The van der Waals surface area contributed by atoms with Gasteiger partial charge in [-0.3, -0.25) is 14.1 Å². The number of ether oxygens (including phenoxy) is 2. The molecule has 6 radical (unpaired) electrons. The van der Waals surface area contributed by atoms with Gasteiger partial charge in [0, 0.05) is 0 Å². The highest BCUT2D eigenvalue weighted by Gasteiger charge is 2.42. The molecule has 7 nitrogen and oxygen atoms in total. The van der Waals surface area contributed by atoms with Gasteiger partial charge in [-0.15, -0.1) is 0 Å². The number of carbonyl (C=O) groups is 2. The molecule has 2 rings (SSSR count). The maximum absolute atomic E-state index is 13.1. The van der Waals surface area contributed by atoms with E-state index in [9.17, 15) is 26.8 Å². The molecule has 1 aliphatic rings. The van der Waals surface area contributed by atoms with E-state index in [4.69, 9.17) is 32.8 Å². The summed E-state index contributed by atoms with van der Waals surface area (Å²) in [5.41, 5.74) is 1.72. The van der Waals surface area contributed by atoms with Crippen molar-refractivity contribution >= 4 is 45.6 Å². The van der Waals surface area contributed by atoms with Crippen LogP contribution in [0, 0.1) is 11.8 Å². The highest BCUT2D eigenvalue weighted by Crippen LogP contribution is 2.36. The van der Waals surface area contributed by atoms with E-state index in [0.29, 0.717) is 17.5 Å². The second kappa shape index (κ2) is 11.3. The first-order valence-electron chi connectivity index (χ1n) is 9.91. The third kappa shape index (κ3) is 6.81. The standard InChI is InChI=1S/C19H21B3F2O7S/c20-6-10-4-11(7-21)16(12(5-10)8-22)31-19(26)14-3-1-2-13(14)18(25)30-15(17(23)24)9-32(27,28)29/h4-5,13-15,17H,1-3,6-9H2,(H,27,28,29). The van der Waals surface area contributed by atoms with Crippen molar-refractivity contribution in [2.24, 2.45) is 11.8 Å². The highest BCUT2D eigenvalue weighted by molar-refractivity contribution is 7.85. The second-order valence-electron chi connectivity index (χ2n) is 7.48. The van der Waals surface area contributed by atoms with Gasteiger partial charge >= 0.3 is 11.9 Å². The first-order valence-corrected chi connectivity index (χ1v) is 11.5. The van der Waals surface area contributed by atoms with E-state index in [1.165, 1.54) is 0 Å². The van der Waals surface area contributed by atoms with Crippen molar-refractivity contribution in [1.29, 1.82) is 0 Å². The summed E-state index contributed by atoms with van der Waals surface area (Å²) in [6, 6.07) is 3.34. The fraction of sp³-hybridized carbons (Fsp3) is 0.579. The van der Waals surface area contributed by atoms with Gasteiger partial charge in [-0.2, -0.15) is 8.42 Å². The summed E-state index contributed by atoms with van der Waals surface area (Å²) in [4.78, 5) is 25.3. The van der Waals surface area contributed by atoms with Crippen LogP contribution in [-0.2, 0) is 43.4 Å². The lowest BCUT2D eigenvalue weighted by Crippen LogP contribution is -2.37. The van der Waals surface area contributed by atoms with Crippen LogP contribution in [0.15, 0.2) is 12.1 Å². The van der Waals surface area contributed by atoms with Crippen LogP contribution in [0.5, 0.6) is 5.75 Å². The fourth-order valence-corrected chi connectivity index (χ4v) is 4.31. The summed E-state index contributed by atoms with van der Waals surface area (Å²) in [7, 11) is 12.3. The maximum atomic E-state index is 13.1. The molecule has 3 atom stereocenters. The second-order valence-corrected chi connectivity index (χ2v) is 8.98. The van der Waals surface area contributed by atoms with Crippen molar-refractivity contribution < 1.29 is 40.8 Å². The maximum Gasteiger partial charge on any atom is 0.315 e. The van der Waals surface area contributed by atoms with Crippen LogP contribution < -0.4 is 4.74 Å². The van der Waals surface area contributed by atoms with Gasteiger partial charge in [-0.25, -0.2) is 8.78 Å². The largest absolute Gasteiger partial charge is 0.455 e. The topological polar surface area (TPSA) is 107 Å². The van der Waals surface area contributed by atoms with Crippen LogP contribution in [-0.4, -0.2) is 66.7 Å². The lowest BCUT2D eigenvalue weighted by Gasteiger charge is -2.22. The molecule has 1 aliphatic carbocycles. The van der Waals surface area contributed by atoms with E-state index >= 15 is 0 Å². The minimum Gasteiger partial charge on any atom is -0.455 e. The molecule has 1 aromatic rings. The highest BCUT2D eigenvalue weighted by atomic mass is 32.2. The van der Waals surface area contributed by atoms with Crippen molar-refractivity contribution in [3.8, 4) is 5.75 Å². The minimum absolute atomic E-state index is 0.0330. The van der Waals surface area contributed by atoms with Crippen LogP contribution in [0.1, 0.15) is 36.0 Å². The van der Waals surface area contributed by atoms with Crippen LogP contribution >= 0.6 is 0 Å². The Balaban J connectivity index is 2.20. The smallest absolute Gasteiger partial charge is 0.315 e. The van der Waals surface area contributed by atoms with E-state index in [2.05, 4.69) is 4.74 Å². The molecular formula is C19H21B3F2O7S. The number of esters is 2. The Morgan fingerprint density at radius 3 is 2.00 bits per heavy atom. The molecule has 0 aromatic heterocycles. The number of hydrogen-bond donors (Lipinski definition) is 1. The van der Waals surface area contributed by atoms with E-state index in [1.807, 2.05) is 0 Å². The zero-order valence-corrected chi connectivity index (χ0v) is 18.0. The molecule has 13 heteroatoms. The molecule has 1 saturated carbocycles. The first-order chi connectivity index (χ1) is 15.0. The zero-order chi connectivity index (χ0) is 24.1. The average molecular weight is 464 g/mol. The van der Waals surface area contributed by atoms with Crippen molar-refractivity contribution in [3.05, 3.63) is 28.8 Å². The lowest BCUT2D eigenvalue weighted by atomic mass is 9.85. The number of rotatable bonds is 10. The molecule has 1 aromatic carbocycles. The quantitative estimate of drug-likeness (QED) is 0.239. The molecule has 0 spiro atoms. The Kier molecular flexibility index (Phi) is 9.33. The van der Waals surface area contributed by atoms with Gasteiger partial charge in [-0.05, 0) is 24.0 Å². The fourth-order valence-electron chi connectivity index (χ4n) is 3.68. The summed E-state index contributed by atoms with van der Waals surface area (Å²) in [5.74, 6) is -5.32. The van der Waals surface area contributed by atoms with Crippen molar-refractivity contribution in [2.75, 3.05) is 5.75 Å². The summed E-state index contributed by atoms with van der Waals surface area (Å²) < 4.78 is 66.9. The van der Waals surface area contributed by atoms with Crippen LogP contribution in [0.3, 0.4) is 0 Å². The minimum atomic E-state index is -4.81. The van der Waals surface area contributed by atoms with Crippen molar-refractivity contribution in [1.82, 2.24) is 0 Å². The monoisotopic (exact) mass is 464 g/mol. The molecule has 168 valence electrons. The van der Waals surface area contributed by atoms with Crippen LogP contribution in [0.4, 0.5) is 8.78 Å². The third-order valence-electron chi connectivity index (χ3n) is 5.23. The van der Waals surface area contributed by atoms with Gasteiger partial charge in [-0.1, -0.05) is 43.1 Å². The molecule has 0 saturated heterocycles. The number of hydrogen-bond acceptors (Lipinski definition) is 6. The molecule has 0 amide bonds. The Morgan fingerprint density at radius 1 is 1.03 bits per heavy atom. The van der Waals surface area contributed by atoms with Crippen LogP contribution in [0.2, 0.25) is 0 Å². The van der Waals surface area contributed by atoms with Gasteiger partial charge in [0.05, 0.1) is 35.4 Å². The third-order valence-corrected chi connectivity index (χ3v) is 5.98. The Hall–Kier alpha value is -1.88. The molecule has 1 N–H and O–H groups in total. The normalized spacial score (nSPS) is 19.6. The first kappa shape index (κ1) is 26.4. The number of alkyl halides is 2. The van der Waals surface area contributed by atoms with E-state index in [1.54, 1.807) is 12.1 Å². The molecule has 0 bridgehead atoms. The van der Waals surface area contributed by atoms with Gasteiger partial charge in [0.1, 0.15) is 11.5 Å². The summed E-state index contributed by atoms with van der Waals surface area (Å²) >= 11 is 0. The summed E-state index contributed by atoms with van der Waals surface area (Å²) in [6.45, 7) is 0. The lowest BCUT2D eigenvalue weighted by molar-refractivity contribution is -0.164. The molecular weight excluding hydrogens is 443 g/mol. The van der Waals surface area contributed by atoms with E-state index < -0.39 is 52.2 Å².